The van der Waals surface area contributed by atoms with Crippen molar-refractivity contribution >= 4 is 5.91 Å². The first kappa shape index (κ1) is 20.3. The molecule has 1 N–H and O–H groups in total. The van der Waals surface area contributed by atoms with Gasteiger partial charge in [0.15, 0.2) is 0 Å². The summed E-state index contributed by atoms with van der Waals surface area (Å²) in [5.41, 5.74) is 2.56. The molecule has 3 rings (SSSR count). The van der Waals surface area contributed by atoms with Crippen molar-refractivity contribution in [2.75, 3.05) is 32.7 Å². The molecule has 0 unspecified atom stereocenters. The molecule has 1 amide bonds. The summed E-state index contributed by atoms with van der Waals surface area (Å²) in [6.45, 7) is 9.07. The third kappa shape index (κ3) is 6.05. The van der Waals surface area contributed by atoms with E-state index in [1.54, 1.807) is 0 Å². The molecule has 27 heavy (non-hydrogen) atoms. The average Bonchev–Trinajstić information content (AvgIpc) is 2.70. The molecule has 0 radical (unpaired) electrons. The molecule has 1 aliphatic heterocycles. The van der Waals surface area contributed by atoms with E-state index in [-0.39, 0.29) is 11.9 Å². The van der Waals surface area contributed by atoms with Gasteiger partial charge in [0.2, 0.25) is 5.91 Å². The maximum absolute atomic E-state index is 12.5. The highest BCUT2D eigenvalue weighted by Gasteiger charge is 2.26. The molecule has 150 valence electrons. The van der Waals surface area contributed by atoms with Crippen LogP contribution in [0.5, 0.6) is 0 Å². The number of carbonyl (C=O) groups excluding carboxylic acids is 1. The first-order chi connectivity index (χ1) is 13.2. The number of benzene rings is 1. The van der Waals surface area contributed by atoms with Crippen LogP contribution in [0.2, 0.25) is 0 Å². The number of aryl methyl sites for hydroxylation is 1. The lowest BCUT2D eigenvalue weighted by Gasteiger charge is -2.40. The number of piperazine rings is 1. The molecule has 1 aromatic carbocycles. The predicted molar refractivity (Wildman–Crippen MR) is 112 cm³/mol. The van der Waals surface area contributed by atoms with Crippen LogP contribution >= 0.6 is 0 Å². The highest BCUT2D eigenvalue weighted by molar-refractivity contribution is 5.78. The van der Waals surface area contributed by atoms with Gasteiger partial charge in [-0.2, -0.15) is 0 Å². The molecule has 1 saturated heterocycles. The summed E-state index contributed by atoms with van der Waals surface area (Å²) in [5.74, 6) is 0.145. The lowest BCUT2D eigenvalue weighted by molar-refractivity contribution is -0.123. The summed E-state index contributed by atoms with van der Waals surface area (Å²) in [7, 11) is 0. The van der Waals surface area contributed by atoms with Crippen molar-refractivity contribution in [3.8, 4) is 0 Å². The maximum atomic E-state index is 12.5. The first-order valence-electron chi connectivity index (χ1n) is 11.0. The van der Waals surface area contributed by atoms with E-state index in [2.05, 4.69) is 53.2 Å². The standard InChI is InChI=1S/C23H37N3O/c1-3-7-20-10-12-21(13-11-20)19(2)24-23(27)18-25-14-16-26(17-15-25)22-8-5-4-6-9-22/h10-13,19,22H,3-9,14-18H2,1-2H3,(H,24,27)/t19-/m0/s1. The van der Waals surface area contributed by atoms with Gasteiger partial charge in [0, 0.05) is 32.2 Å². The number of hydrogen-bond acceptors (Lipinski definition) is 3. The summed E-state index contributed by atoms with van der Waals surface area (Å²) in [5, 5.41) is 3.18. The lowest BCUT2D eigenvalue weighted by atomic mass is 9.94. The SMILES string of the molecule is CCCc1ccc([C@H](C)NC(=O)CN2CCN(C3CCCCC3)CC2)cc1. The fourth-order valence-electron chi connectivity index (χ4n) is 4.57. The van der Waals surface area contributed by atoms with Gasteiger partial charge in [-0.3, -0.25) is 14.6 Å². The van der Waals surface area contributed by atoms with Crippen LogP contribution in [0.25, 0.3) is 0 Å². The minimum Gasteiger partial charge on any atom is -0.348 e. The summed E-state index contributed by atoms with van der Waals surface area (Å²) >= 11 is 0. The number of rotatable bonds is 7. The Labute approximate surface area is 165 Å². The largest absolute Gasteiger partial charge is 0.348 e. The Hall–Kier alpha value is -1.39. The molecular formula is C23H37N3O. The van der Waals surface area contributed by atoms with Gasteiger partial charge in [0.25, 0.3) is 0 Å². The van der Waals surface area contributed by atoms with Crippen LogP contribution in [-0.4, -0.2) is 54.5 Å². The fraction of sp³-hybridized carbons (Fsp3) is 0.696. The van der Waals surface area contributed by atoms with Crippen LogP contribution in [0.15, 0.2) is 24.3 Å². The van der Waals surface area contributed by atoms with E-state index in [0.29, 0.717) is 6.54 Å². The molecule has 4 heteroatoms. The number of hydrogen-bond donors (Lipinski definition) is 1. The predicted octanol–water partition coefficient (Wildman–Crippen LogP) is 3.77. The summed E-state index contributed by atoms with van der Waals surface area (Å²) in [4.78, 5) is 17.5. The first-order valence-corrected chi connectivity index (χ1v) is 11.0. The second-order valence-corrected chi connectivity index (χ2v) is 8.38. The highest BCUT2D eigenvalue weighted by atomic mass is 16.2. The molecule has 0 aromatic heterocycles. The fourth-order valence-corrected chi connectivity index (χ4v) is 4.57. The van der Waals surface area contributed by atoms with E-state index < -0.39 is 0 Å². The molecule has 0 bridgehead atoms. The second-order valence-electron chi connectivity index (χ2n) is 8.38. The molecule has 1 saturated carbocycles. The topological polar surface area (TPSA) is 35.6 Å². The van der Waals surface area contributed by atoms with Crippen molar-refractivity contribution in [1.82, 2.24) is 15.1 Å². The monoisotopic (exact) mass is 371 g/mol. The Morgan fingerprint density at radius 1 is 1.07 bits per heavy atom. The zero-order chi connectivity index (χ0) is 19.1. The Bertz CT molecular complexity index is 572. The summed E-state index contributed by atoms with van der Waals surface area (Å²) in [6.07, 6.45) is 9.23. The summed E-state index contributed by atoms with van der Waals surface area (Å²) in [6, 6.07) is 9.54. The van der Waals surface area contributed by atoms with E-state index in [1.165, 1.54) is 49.7 Å². The third-order valence-corrected chi connectivity index (χ3v) is 6.26. The van der Waals surface area contributed by atoms with Gasteiger partial charge < -0.3 is 5.32 Å². The zero-order valence-electron chi connectivity index (χ0n) is 17.3. The normalized spacial score (nSPS) is 21.1. The van der Waals surface area contributed by atoms with Crippen molar-refractivity contribution in [2.24, 2.45) is 0 Å². The van der Waals surface area contributed by atoms with E-state index in [1.807, 2.05) is 0 Å². The number of nitrogens with zero attached hydrogens (tertiary/aromatic N) is 2. The number of carbonyl (C=O) groups is 1. The van der Waals surface area contributed by atoms with Crippen molar-refractivity contribution in [3.63, 3.8) is 0 Å². The maximum Gasteiger partial charge on any atom is 0.234 e. The molecule has 1 aromatic rings. The minimum atomic E-state index is 0.0664. The van der Waals surface area contributed by atoms with E-state index in [4.69, 9.17) is 0 Å². The molecular weight excluding hydrogens is 334 g/mol. The van der Waals surface area contributed by atoms with Gasteiger partial charge in [-0.05, 0) is 37.3 Å². The van der Waals surface area contributed by atoms with Crippen molar-refractivity contribution in [1.29, 1.82) is 0 Å². The third-order valence-electron chi connectivity index (χ3n) is 6.26. The Morgan fingerprint density at radius 2 is 1.74 bits per heavy atom. The van der Waals surface area contributed by atoms with Gasteiger partial charge in [0.05, 0.1) is 12.6 Å². The lowest BCUT2D eigenvalue weighted by Crippen LogP contribution is -2.52. The molecule has 4 nitrogen and oxygen atoms in total. The Kier molecular flexibility index (Phi) is 7.71. The average molecular weight is 372 g/mol. The van der Waals surface area contributed by atoms with E-state index in [9.17, 15) is 4.79 Å². The van der Waals surface area contributed by atoms with Crippen molar-refractivity contribution < 1.29 is 4.79 Å². The van der Waals surface area contributed by atoms with Crippen LogP contribution in [0, 0.1) is 0 Å². The van der Waals surface area contributed by atoms with Crippen LogP contribution in [0.3, 0.4) is 0 Å². The second kappa shape index (κ2) is 10.2. The van der Waals surface area contributed by atoms with E-state index in [0.717, 1.165) is 38.6 Å². The summed E-state index contributed by atoms with van der Waals surface area (Å²) < 4.78 is 0. The van der Waals surface area contributed by atoms with Gasteiger partial charge in [0.1, 0.15) is 0 Å². The molecule has 1 aliphatic carbocycles. The minimum absolute atomic E-state index is 0.0664. The number of amides is 1. The number of nitrogens with one attached hydrogen (secondary N) is 1. The van der Waals surface area contributed by atoms with Crippen LogP contribution < -0.4 is 5.32 Å². The molecule has 2 aliphatic rings. The molecule has 2 fully saturated rings. The van der Waals surface area contributed by atoms with Gasteiger partial charge >= 0.3 is 0 Å². The van der Waals surface area contributed by atoms with Crippen LogP contribution in [0.1, 0.15) is 69.5 Å². The zero-order valence-corrected chi connectivity index (χ0v) is 17.3. The van der Waals surface area contributed by atoms with Crippen LogP contribution in [0.4, 0.5) is 0 Å². The smallest absolute Gasteiger partial charge is 0.234 e. The molecule has 1 heterocycles. The molecule has 1 atom stereocenters. The van der Waals surface area contributed by atoms with Gasteiger partial charge in [-0.1, -0.05) is 56.9 Å². The van der Waals surface area contributed by atoms with Crippen molar-refractivity contribution in [3.05, 3.63) is 35.4 Å². The Balaban J connectivity index is 1.40. The van der Waals surface area contributed by atoms with Gasteiger partial charge in [-0.15, -0.1) is 0 Å². The van der Waals surface area contributed by atoms with Gasteiger partial charge in [-0.25, -0.2) is 0 Å². The van der Waals surface area contributed by atoms with Crippen LogP contribution in [-0.2, 0) is 11.2 Å². The van der Waals surface area contributed by atoms with Crippen molar-refractivity contribution in [2.45, 2.75) is 70.9 Å². The highest BCUT2D eigenvalue weighted by Crippen LogP contribution is 2.23. The molecule has 0 spiro atoms. The van der Waals surface area contributed by atoms with E-state index >= 15 is 0 Å². The Morgan fingerprint density at radius 3 is 2.37 bits per heavy atom. The quantitative estimate of drug-likeness (QED) is 0.792.